The lowest BCUT2D eigenvalue weighted by molar-refractivity contribution is -0.137. The Bertz CT molecular complexity index is 1230. The van der Waals surface area contributed by atoms with Gasteiger partial charge in [-0.3, -0.25) is 9.69 Å². The molecule has 3 rings (SSSR count). The molecule has 0 aliphatic heterocycles. The van der Waals surface area contributed by atoms with Crippen molar-refractivity contribution in [2.75, 3.05) is 27.9 Å². The second-order valence-electron chi connectivity index (χ2n) is 8.11. The van der Waals surface area contributed by atoms with Crippen molar-refractivity contribution in [2.24, 2.45) is 0 Å². The minimum atomic E-state index is -4.56. The summed E-state index contributed by atoms with van der Waals surface area (Å²) in [6.07, 6.45) is -3.21. The fraction of sp³-hybridized carbons (Fsp3) is 0.250. The number of carbonyl (C=O) groups excluding carboxylic acids is 2. The molecule has 0 fully saturated rings. The number of aromatic nitrogens is 2. The maximum atomic E-state index is 13.0. The summed E-state index contributed by atoms with van der Waals surface area (Å²) in [5.41, 5.74) is 0.384. The van der Waals surface area contributed by atoms with Crippen LogP contribution in [0.5, 0.6) is 0 Å². The summed E-state index contributed by atoms with van der Waals surface area (Å²) in [4.78, 5) is 34.9. The molecule has 3 N–H and O–H groups in total. The number of alkyl halides is 3. The first-order valence-electron chi connectivity index (χ1n) is 10.7. The minimum absolute atomic E-state index is 0.139. The van der Waals surface area contributed by atoms with Crippen LogP contribution in [0.4, 0.5) is 41.0 Å². The van der Waals surface area contributed by atoms with Gasteiger partial charge in [-0.2, -0.15) is 13.2 Å². The second-order valence-corrected chi connectivity index (χ2v) is 8.11. The smallest absolute Gasteiger partial charge is 0.368 e. The van der Waals surface area contributed by atoms with Crippen LogP contribution >= 0.6 is 0 Å². The van der Waals surface area contributed by atoms with Gasteiger partial charge in [-0.25, -0.2) is 14.8 Å². The van der Waals surface area contributed by atoms with Gasteiger partial charge in [0.1, 0.15) is 18.0 Å². The zero-order valence-electron chi connectivity index (χ0n) is 19.6. The molecule has 184 valence electrons. The van der Waals surface area contributed by atoms with Crippen molar-refractivity contribution in [2.45, 2.75) is 33.0 Å². The lowest BCUT2D eigenvalue weighted by Crippen LogP contribution is -2.32. The van der Waals surface area contributed by atoms with E-state index in [-0.39, 0.29) is 11.6 Å². The number of amides is 3. The predicted molar refractivity (Wildman–Crippen MR) is 129 cm³/mol. The quantitative estimate of drug-likeness (QED) is 0.425. The Morgan fingerprint density at radius 3 is 2.43 bits per heavy atom. The van der Waals surface area contributed by atoms with Gasteiger partial charge in [0.05, 0.1) is 5.56 Å². The van der Waals surface area contributed by atoms with E-state index < -0.39 is 23.7 Å². The van der Waals surface area contributed by atoms with Crippen LogP contribution in [0.15, 0.2) is 54.9 Å². The number of hydrogen-bond acceptors (Lipinski definition) is 5. The fourth-order valence-corrected chi connectivity index (χ4v) is 3.08. The van der Waals surface area contributed by atoms with Gasteiger partial charge in [0.25, 0.3) is 5.91 Å². The first kappa shape index (κ1) is 25.5. The molecule has 1 heterocycles. The summed E-state index contributed by atoms with van der Waals surface area (Å²) in [7, 11) is 1.55. The van der Waals surface area contributed by atoms with E-state index in [1.54, 1.807) is 32.2 Å². The zero-order chi connectivity index (χ0) is 25.8. The van der Waals surface area contributed by atoms with Gasteiger partial charge in [0.15, 0.2) is 0 Å². The number of urea groups is 1. The van der Waals surface area contributed by atoms with Crippen molar-refractivity contribution < 1.29 is 22.8 Å². The van der Waals surface area contributed by atoms with Crippen molar-refractivity contribution in [3.63, 3.8) is 0 Å². The molecule has 1 aromatic heterocycles. The lowest BCUT2D eigenvalue weighted by Gasteiger charge is -2.19. The van der Waals surface area contributed by atoms with Crippen molar-refractivity contribution >= 4 is 34.9 Å². The Balaban J connectivity index is 1.74. The molecule has 0 bridgehead atoms. The highest BCUT2D eigenvalue weighted by Gasteiger charge is 2.31. The molecule has 0 radical (unpaired) electrons. The van der Waals surface area contributed by atoms with Crippen molar-refractivity contribution in [1.29, 1.82) is 0 Å². The van der Waals surface area contributed by atoms with E-state index in [0.717, 1.165) is 12.1 Å². The van der Waals surface area contributed by atoms with Crippen LogP contribution in [0.3, 0.4) is 0 Å². The molecule has 3 amide bonds. The molecule has 0 unspecified atom stereocenters. The third kappa shape index (κ3) is 6.69. The van der Waals surface area contributed by atoms with E-state index in [0.29, 0.717) is 28.6 Å². The first-order chi connectivity index (χ1) is 16.4. The van der Waals surface area contributed by atoms with E-state index >= 15 is 0 Å². The Kier molecular flexibility index (Phi) is 7.58. The molecule has 0 spiro atoms. The van der Waals surface area contributed by atoms with E-state index in [1.165, 1.54) is 29.4 Å². The number of hydrogen-bond donors (Lipinski definition) is 3. The average molecular weight is 486 g/mol. The molecular formula is C24H25F3N6O2. The van der Waals surface area contributed by atoms with Crippen LogP contribution in [0, 0.1) is 6.92 Å². The Labute approximate surface area is 200 Å². The molecule has 0 atom stereocenters. The molecule has 0 aliphatic carbocycles. The number of carbonyl (C=O) groups is 2. The Morgan fingerprint density at radius 1 is 1.00 bits per heavy atom. The largest absolute Gasteiger partial charge is 0.416 e. The lowest BCUT2D eigenvalue weighted by atomic mass is 10.1. The van der Waals surface area contributed by atoms with Crippen LogP contribution in [0.1, 0.15) is 35.3 Å². The predicted octanol–water partition coefficient (Wildman–Crippen LogP) is 5.54. The van der Waals surface area contributed by atoms with Crippen LogP contribution in [-0.4, -0.2) is 35.0 Å². The second kappa shape index (κ2) is 10.4. The van der Waals surface area contributed by atoms with E-state index in [9.17, 15) is 22.8 Å². The summed E-state index contributed by atoms with van der Waals surface area (Å²) >= 11 is 0. The third-order valence-corrected chi connectivity index (χ3v) is 4.93. The van der Waals surface area contributed by atoms with Crippen LogP contribution in [-0.2, 0) is 6.18 Å². The van der Waals surface area contributed by atoms with Gasteiger partial charge < -0.3 is 16.0 Å². The Hall–Kier alpha value is -4.15. The number of benzene rings is 2. The number of aryl methyl sites for hydroxylation is 1. The van der Waals surface area contributed by atoms with Crippen LogP contribution < -0.4 is 20.9 Å². The van der Waals surface area contributed by atoms with Crippen molar-refractivity contribution in [3.8, 4) is 0 Å². The molecule has 2 aromatic carbocycles. The topological polar surface area (TPSA) is 99.2 Å². The molecule has 8 nitrogen and oxygen atoms in total. The maximum absolute atomic E-state index is 13.0. The van der Waals surface area contributed by atoms with Gasteiger partial charge in [-0.15, -0.1) is 0 Å². The van der Waals surface area contributed by atoms with Gasteiger partial charge in [-0.05, 0) is 56.7 Å². The molecule has 0 aliphatic rings. The number of anilines is 4. The number of nitrogens with one attached hydrogen (secondary N) is 3. The molecule has 0 saturated carbocycles. The van der Waals surface area contributed by atoms with E-state index in [4.69, 9.17) is 0 Å². The standard InChI is InChI=1S/C24H25F3N6O2/c1-14(2)30-20-12-21(29-13-28-20)33(4)23(35)32-19-11-18(9-8-15(19)3)31-22(34)16-6-5-7-17(10-16)24(25,26)27/h5-14H,1-4H3,(H,31,34)(H,32,35)(H,28,29,30). The summed E-state index contributed by atoms with van der Waals surface area (Å²) < 4.78 is 38.9. The van der Waals surface area contributed by atoms with Crippen LogP contribution in [0.2, 0.25) is 0 Å². The van der Waals surface area contributed by atoms with Crippen molar-refractivity contribution in [1.82, 2.24) is 9.97 Å². The summed E-state index contributed by atoms with van der Waals surface area (Å²) in [5, 5.41) is 8.46. The molecular weight excluding hydrogens is 461 g/mol. The van der Waals surface area contributed by atoms with Gasteiger partial charge in [0.2, 0.25) is 0 Å². The van der Waals surface area contributed by atoms with Crippen molar-refractivity contribution in [3.05, 3.63) is 71.5 Å². The van der Waals surface area contributed by atoms with Gasteiger partial charge in [0, 0.05) is 36.1 Å². The highest BCUT2D eigenvalue weighted by atomic mass is 19.4. The summed E-state index contributed by atoms with van der Waals surface area (Å²) in [5.74, 6) is 0.230. The molecule has 35 heavy (non-hydrogen) atoms. The minimum Gasteiger partial charge on any atom is -0.368 e. The highest BCUT2D eigenvalue weighted by Crippen LogP contribution is 2.30. The molecule has 11 heteroatoms. The highest BCUT2D eigenvalue weighted by molar-refractivity contribution is 6.05. The normalized spacial score (nSPS) is 11.2. The van der Waals surface area contributed by atoms with Crippen LogP contribution in [0.25, 0.3) is 0 Å². The first-order valence-corrected chi connectivity index (χ1v) is 10.7. The Morgan fingerprint density at radius 2 is 1.74 bits per heavy atom. The average Bonchev–Trinajstić information content (AvgIpc) is 2.80. The number of rotatable bonds is 6. The summed E-state index contributed by atoms with van der Waals surface area (Å²) in [6.45, 7) is 5.68. The van der Waals surface area contributed by atoms with Gasteiger partial charge in [-0.1, -0.05) is 12.1 Å². The van der Waals surface area contributed by atoms with Gasteiger partial charge >= 0.3 is 12.2 Å². The van der Waals surface area contributed by atoms with E-state index in [2.05, 4.69) is 25.9 Å². The van der Waals surface area contributed by atoms with E-state index in [1.807, 2.05) is 13.8 Å². The summed E-state index contributed by atoms with van der Waals surface area (Å²) in [6, 6.07) is 10.2. The SMILES string of the molecule is Cc1ccc(NC(=O)c2cccc(C(F)(F)F)c2)cc1NC(=O)N(C)c1cc(NC(C)C)ncn1. The monoisotopic (exact) mass is 486 g/mol. The maximum Gasteiger partial charge on any atom is 0.416 e. The molecule has 0 saturated heterocycles. The molecule has 3 aromatic rings. The fourth-order valence-electron chi connectivity index (χ4n) is 3.08. The number of halogens is 3. The zero-order valence-corrected chi connectivity index (χ0v) is 19.6. The third-order valence-electron chi connectivity index (χ3n) is 4.93. The number of nitrogens with zero attached hydrogens (tertiary/aromatic N) is 3.